The Labute approximate surface area is 128 Å². The van der Waals surface area contributed by atoms with Gasteiger partial charge in [0.1, 0.15) is 5.15 Å². The van der Waals surface area contributed by atoms with Gasteiger partial charge in [0.15, 0.2) is 0 Å². The minimum absolute atomic E-state index is 0.0248. The Morgan fingerprint density at radius 1 is 1.35 bits per heavy atom. The van der Waals surface area contributed by atoms with Crippen LogP contribution < -0.4 is 5.32 Å². The molecule has 20 heavy (non-hydrogen) atoms. The second-order valence-electron chi connectivity index (χ2n) is 5.01. The van der Waals surface area contributed by atoms with Crippen LogP contribution in [0.25, 0.3) is 0 Å². The van der Waals surface area contributed by atoms with Gasteiger partial charge in [-0.25, -0.2) is 4.98 Å². The second-order valence-corrected chi connectivity index (χ2v) is 6.18. The second kappa shape index (κ2) is 6.37. The van der Waals surface area contributed by atoms with Crippen LogP contribution in [0.2, 0.25) is 5.15 Å². The molecule has 0 saturated carbocycles. The van der Waals surface area contributed by atoms with Gasteiger partial charge in [0, 0.05) is 11.3 Å². The maximum atomic E-state index is 12.3. The molecule has 3 nitrogen and oxygen atoms in total. The van der Waals surface area contributed by atoms with Crippen molar-refractivity contribution in [2.45, 2.75) is 32.7 Å². The standard InChI is InChI=1S/C15H17ClN2OS/c1-9(2)13-6-12(7-14(16)18-13)15(19)17-10(3)11-4-5-20-8-11/h4-10H,1-3H3,(H,17,19). The van der Waals surface area contributed by atoms with E-state index in [0.717, 1.165) is 11.3 Å². The average Bonchev–Trinajstić information content (AvgIpc) is 2.91. The summed E-state index contributed by atoms with van der Waals surface area (Å²) in [7, 11) is 0. The number of aromatic nitrogens is 1. The van der Waals surface area contributed by atoms with Gasteiger partial charge in [0.25, 0.3) is 5.91 Å². The smallest absolute Gasteiger partial charge is 0.251 e. The molecule has 0 saturated heterocycles. The van der Waals surface area contributed by atoms with Crippen molar-refractivity contribution in [1.29, 1.82) is 0 Å². The van der Waals surface area contributed by atoms with Crippen LogP contribution in [-0.2, 0) is 0 Å². The van der Waals surface area contributed by atoms with Crippen molar-refractivity contribution in [3.8, 4) is 0 Å². The van der Waals surface area contributed by atoms with Crippen LogP contribution in [0.4, 0.5) is 0 Å². The number of pyridine rings is 1. The zero-order chi connectivity index (χ0) is 14.7. The monoisotopic (exact) mass is 308 g/mol. The van der Waals surface area contributed by atoms with Crippen LogP contribution in [0.15, 0.2) is 29.0 Å². The minimum atomic E-state index is -0.130. The first kappa shape index (κ1) is 15.0. The summed E-state index contributed by atoms with van der Waals surface area (Å²) in [6.07, 6.45) is 0. The van der Waals surface area contributed by atoms with Gasteiger partial charge in [-0.15, -0.1) is 0 Å². The van der Waals surface area contributed by atoms with E-state index in [4.69, 9.17) is 11.6 Å². The fourth-order valence-corrected chi connectivity index (χ4v) is 2.80. The van der Waals surface area contributed by atoms with Crippen LogP contribution in [0.3, 0.4) is 0 Å². The summed E-state index contributed by atoms with van der Waals surface area (Å²) in [4.78, 5) is 16.5. The summed E-state index contributed by atoms with van der Waals surface area (Å²) in [6, 6.07) is 5.38. The summed E-state index contributed by atoms with van der Waals surface area (Å²) >= 11 is 7.60. The lowest BCUT2D eigenvalue weighted by Gasteiger charge is -2.14. The first-order valence-corrected chi connectivity index (χ1v) is 7.80. The summed E-state index contributed by atoms with van der Waals surface area (Å²) in [5.41, 5.74) is 2.48. The normalized spacial score (nSPS) is 12.4. The molecule has 1 unspecified atom stereocenters. The van der Waals surface area contributed by atoms with Gasteiger partial charge >= 0.3 is 0 Å². The van der Waals surface area contributed by atoms with E-state index < -0.39 is 0 Å². The largest absolute Gasteiger partial charge is 0.345 e. The van der Waals surface area contributed by atoms with Crippen molar-refractivity contribution >= 4 is 28.8 Å². The number of halogens is 1. The maximum absolute atomic E-state index is 12.3. The number of carbonyl (C=O) groups is 1. The van der Waals surface area contributed by atoms with Gasteiger partial charge in [0.2, 0.25) is 0 Å². The molecular formula is C15H17ClN2OS. The Balaban J connectivity index is 2.17. The number of hydrogen-bond acceptors (Lipinski definition) is 3. The summed E-state index contributed by atoms with van der Waals surface area (Å²) in [5.74, 6) is 0.101. The molecule has 2 rings (SSSR count). The van der Waals surface area contributed by atoms with Crippen molar-refractivity contribution in [2.75, 3.05) is 0 Å². The van der Waals surface area contributed by atoms with Crippen molar-refractivity contribution in [1.82, 2.24) is 10.3 Å². The van der Waals surface area contributed by atoms with Crippen molar-refractivity contribution in [2.24, 2.45) is 0 Å². The molecule has 1 N–H and O–H groups in total. The average molecular weight is 309 g/mol. The predicted molar refractivity (Wildman–Crippen MR) is 83.5 cm³/mol. The molecule has 2 heterocycles. The number of carbonyl (C=O) groups excluding carboxylic acids is 1. The van der Waals surface area contributed by atoms with Crippen molar-refractivity contribution in [3.05, 3.63) is 50.9 Å². The Bertz CT molecular complexity index is 596. The predicted octanol–water partition coefficient (Wildman–Crippen LogP) is 4.41. The van der Waals surface area contributed by atoms with E-state index in [-0.39, 0.29) is 17.9 Å². The molecule has 1 atom stereocenters. The maximum Gasteiger partial charge on any atom is 0.251 e. The molecule has 106 valence electrons. The number of rotatable bonds is 4. The molecule has 1 amide bonds. The van der Waals surface area contributed by atoms with Crippen LogP contribution in [-0.4, -0.2) is 10.9 Å². The highest BCUT2D eigenvalue weighted by Crippen LogP contribution is 2.20. The van der Waals surface area contributed by atoms with Crippen LogP contribution >= 0.6 is 22.9 Å². The first-order chi connectivity index (χ1) is 9.47. The third kappa shape index (κ3) is 3.58. The number of hydrogen-bond donors (Lipinski definition) is 1. The van der Waals surface area contributed by atoms with Gasteiger partial charge in [-0.2, -0.15) is 11.3 Å². The Morgan fingerprint density at radius 3 is 2.70 bits per heavy atom. The van der Waals surface area contributed by atoms with Crippen LogP contribution in [0.5, 0.6) is 0 Å². The molecule has 2 aromatic rings. The summed E-state index contributed by atoms with van der Waals surface area (Å²) in [6.45, 7) is 6.01. The Morgan fingerprint density at radius 2 is 2.10 bits per heavy atom. The van der Waals surface area contributed by atoms with E-state index in [1.165, 1.54) is 0 Å². The number of amides is 1. The van der Waals surface area contributed by atoms with Crippen LogP contribution in [0.1, 0.15) is 54.3 Å². The van der Waals surface area contributed by atoms with E-state index in [1.54, 1.807) is 23.5 Å². The quantitative estimate of drug-likeness (QED) is 0.850. The zero-order valence-corrected chi connectivity index (χ0v) is 13.3. The number of nitrogens with zero attached hydrogens (tertiary/aromatic N) is 1. The topological polar surface area (TPSA) is 42.0 Å². The van der Waals surface area contributed by atoms with E-state index >= 15 is 0 Å². The third-order valence-corrected chi connectivity index (χ3v) is 3.95. The van der Waals surface area contributed by atoms with Crippen molar-refractivity contribution in [3.63, 3.8) is 0 Å². The number of nitrogens with one attached hydrogen (secondary N) is 1. The molecule has 0 aliphatic carbocycles. The lowest BCUT2D eigenvalue weighted by Crippen LogP contribution is -2.26. The lowest BCUT2D eigenvalue weighted by atomic mass is 10.1. The van der Waals surface area contributed by atoms with Gasteiger partial charge < -0.3 is 5.32 Å². The first-order valence-electron chi connectivity index (χ1n) is 6.48. The van der Waals surface area contributed by atoms with Gasteiger partial charge in [-0.3, -0.25) is 4.79 Å². The Kier molecular flexibility index (Phi) is 4.78. The molecule has 5 heteroatoms. The molecule has 0 aliphatic rings. The van der Waals surface area contributed by atoms with E-state index in [2.05, 4.69) is 10.3 Å². The molecule has 0 radical (unpaired) electrons. The molecule has 0 spiro atoms. The van der Waals surface area contributed by atoms with Crippen LogP contribution in [0, 0.1) is 0 Å². The highest BCUT2D eigenvalue weighted by atomic mass is 35.5. The van der Waals surface area contributed by atoms with E-state index in [9.17, 15) is 4.79 Å². The fraction of sp³-hybridized carbons (Fsp3) is 0.333. The molecular weight excluding hydrogens is 292 g/mol. The highest BCUT2D eigenvalue weighted by Gasteiger charge is 2.14. The molecule has 2 aromatic heterocycles. The minimum Gasteiger partial charge on any atom is -0.345 e. The summed E-state index contributed by atoms with van der Waals surface area (Å²) in [5, 5.41) is 7.35. The van der Waals surface area contributed by atoms with Gasteiger partial charge in [-0.05, 0) is 47.4 Å². The molecule has 0 bridgehead atoms. The molecule has 0 aromatic carbocycles. The van der Waals surface area contributed by atoms with Gasteiger partial charge in [0.05, 0.1) is 6.04 Å². The van der Waals surface area contributed by atoms with Crippen molar-refractivity contribution < 1.29 is 4.79 Å². The SMILES string of the molecule is CC(C)c1cc(C(=O)NC(C)c2ccsc2)cc(Cl)n1. The molecule has 0 aliphatic heterocycles. The van der Waals surface area contributed by atoms with E-state index in [0.29, 0.717) is 10.7 Å². The van der Waals surface area contributed by atoms with Gasteiger partial charge in [-0.1, -0.05) is 25.4 Å². The van der Waals surface area contributed by atoms with E-state index in [1.807, 2.05) is 37.6 Å². The highest BCUT2D eigenvalue weighted by molar-refractivity contribution is 7.07. The Hall–Kier alpha value is -1.39. The zero-order valence-electron chi connectivity index (χ0n) is 11.7. The summed E-state index contributed by atoms with van der Waals surface area (Å²) < 4.78 is 0. The number of thiophene rings is 1. The fourth-order valence-electron chi connectivity index (χ4n) is 1.83. The molecule has 0 fully saturated rings. The third-order valence-electron chi connectivity index (χ3n) is 3.06. The lowest BCUT2D eigenvalue weighted by molar-refractivity contribution is 0.0939.